The molecule has 1 saturated heterocycles. The molecule has 4 rings (SSSR count). The van der Waals surface area contributed by atoms with E-state index in [-0.39, 0.29) is 35.7 Å². The topological polar surface area (TPSA) is 94.1 Å². The van der Waals surface area contributed by atoms with Gasteiger partial charge in [-0.25, -0.2) is 9.97 Å². The predicted molar refractivity (Wildman–Crippen MR) is 111 cm³/mol. The van der Waals surface area contributed by atoms with Crippen LogP contribution in [0, 0.1) is 11.3 Å². The maximum atomic E-state index is 12.8. The number of fused-ring (bicyclic) bond motifs is 1. The minimum atomic E-state index is -0.501. The lowest BCUT2D eigenvalue weighted by Gasteiger charge is -2.36. The molecular weight excluding hydrogens is 380 g/mol. The maximum Gasteiger partial charge on any atom is 0.310 e. The fraction of sp³-hybridized carbons (Fsp3) is 0.522. The number of nitrogens with zero attached hydrogens (tertiary/aromatic N) is 3. The summed E-state index contributed by atoms with van der Waals surface area (Å²) in [7, 11) is 0. The molecule has 0 saturated carbocycles. The molecule has 3 heterocycles. The van der Waals surface area contributed by atoms with Gasteiger partial charge in [-0.3, -0.25) is 14.6 Å². The minimum Gasteiger partial charge on any atom is -0.459 e. The summed E-state index contributed by atoms with van der Waals surface area (Å²) in [5, 5.41) is 3.13. The van der Waals surface area contributed by atoms with Gasteiger partial charge >= 0.3 is 5.97 Å². The van der Waals surface area contributed by atoms with Crippen LogP contribution in [0.2, 0.25) is 0 Å². The highest BCUT2D eigenvalue weighted by Gasteiger charge is 2.41. The number of rotatable bonds is 4. The lowest BCUT2D eigenvalue weighted by atomic mass is 9.74. The number of pyridine rings is 1. The maximum absolute atomic E-state index is 12.8. The van der Waals surface area contributed by atoms with Crippen LogP contribution in [0.1, 0.15) is 64.3 Å². The summed E-state index contributed by atoms with van der Waals surface area (Å²) in [6.45, 7) is 8.11. The van der Waals surface area contributed by atoms with Crippen molar-refractivity contribution in [1.29, 1.82) is 0 Å². The molecule has 7 nitrogen and oxygen atoms in total. The molecule has 30 heavy (non-hydrogen) atoms. The molecule has 1 fully saturated rings. The summed E-state index contributed by atoms with van der Waals surface area (Å²) in [4.78, 5) is 38.2. The first-order chi connectivity index (χ1) is 14.1. The molecule has 0 spiro atoms. The van der Waals surface area contributed by atoms with Gasteiger partial charge in [-0.05, 0) is 44.2 Å². The Bertz CT molecular complexity index is 972. The van der Waals surface area contributed by atoms with Crippen molar-refractivity contribution >= 4 is 11.9 Å². The van der Waals surface area contributed by atoms with Crippen molar-refractivity contribution in [3.8, 4) is 11.4 Å². The molecule has 1 N–H and O–H groups in total. The van der Waals surface area contributed by atoms with Gasteiger partial charge in [-0.15, -0.1) is 0 Å². The van der Waals surface area contributed by atoms with E-state index in [1.165, 1.54) is 0 Å². The number of ether oxygens (including phenoxy) is 1. The summed E-state index contributed by atoms with van der Waals surface area (Å²) in [5.74, 6) is -0.150. The molecule has 2 unspecified atom stereocenters. The van der Waals surface area contributed by atoms with Gasteiger partial charge in [0.05, 0.1) is 17.7 Å². The quantitative estimate of drug-likeness (QED) is 0.779. The van der Waals surface area contributed by atoms with Crippen molar-refractivity contribution in [3.05, 3.63) is 42.0 Å². The Morgan fingerprint density at radius 2 is 1.93 bits per heavy atom. The summed E-state index contributed by atoms with van der Waals surface area (Å²) < 4.78 is 5.35. The number of amides is 1. The molecule has 0 aromatic carbocycles. The summed E-state index contributed by atoms with van der Waals surface area (Å²) in [6.07, 6.45) is 7.59. The van der Waals surface area contributed by atoms with Gasteiger partial charge < -0.3 is 10.1 Å². The van der Waals surface area contributed by atoms with Crippen molar-refractivity contribution in [1.82, 2.24) is 20.3 Å². The number of hydrogen-bond acceptors (Lipinski definition) is 6. The number of aromatic nitrogens is 3. The number of carbonyl (C=O) groups is 2. The van der Waals surface area contributed by atoms with Crippen LogP contribution in [0.4, 0.5) is 0 Å². The molecule has 7 heteroatoms. The molecule has 1 amide bonds. The fourth-order valence-electron chi connectivity index (χ4n) is 4.52. The molecule has 0 bridgehead atoms. The zero-order valence-electron chi connectivity index (χ0n) is 17.9. The second-order valence-electron chi connectivity index (χ2n) is 9.78. The first-order valence-corrected chi connectivity index (χ1v) is 10.4. The zero-order chi connectivity index (χ0) is 21.5. The van der Waals surface area contributed by atoms with E-state index in [1.807, 2.05) is 32.2 Å². The molecule has 1 aliphatic carbocycles. The summed E-state index contributed by atoms with van der Waals surface area (Å²) >= 11 is 0. The van der Waals surface area contributed by atoms with Crippen LogP contribution in [0.25, 0.3) is 11.4 Å². The Balaban J connectivity index is 1.53. The summed E-state index contributed by atoms with van der Waals surface area (Å²) in [6, 6.07) is 3.60. The second kappa shape index (κ2) is 7.45. The number of nitrogens with one attached hydrogen (secondary N) is 1. The Labute approximate surface area is 176 Å². The standard InChI is InChI=1S/C23H28N4O3/c1-22(2)11-17(26-19(28)9-15-10-23(3,4)30-21(15)29)16-13-25-20(27-18(16)12-22)14-5-7-24-8-6-14/h5-8,13,15,17H,9-12H2,1-4H3,(H,26,28). The van der Waals surface area contributed by atoms with E-state index in [1.54, 1.807) is 12.4 Å². The monoisotopic (exact) mass is 408 g/mol. The Morgan fingerprint density at radius 1 is 1.20 bits per heavy atom. The van der Waals surface area contributed by atoms with Gasteiger partial charge in [-0.1, -0.05) is 13.8 Å². The van der Waals surface area contributed by atoms with Crippen molar-refractivity contribution < 1.29 is 14.3 Å². The van der Waals surface area contributed by atoms with Crippen molar-refractivity contribution in [2.75, 3.05) is 0 Å². The molecule has 2 aromatic heterocycles. The van der Waals surface area contributed by atoms with E-state index < -0.39 is 5.60 Å². The third-order valence-electron chi connectivity index (χ3n) is 5.83. The van der Waals surface area contributed by atoms with Gasteiger partial charge in [0.15, 0.2) is 5.82 Å². The van der Waals surface area contributed by atoms with Crippen LogP contribution >= 0.6 is 0 Å². The van der Waals surface area contributed by atoms with Gasteiger partial charge in [0.25, 0.3) is 0 Å². The fourth-order valence-corrected chi connectivity index (χ4v) is 4.52. The predicted octanol–water partition coefficient (Wildman–Crippen LogP) is 3.40. The van der Waals surface area contributed by atoms with Gasteiger partial charge in [0.2, 0.25) is 5.91 Å². The first kappa shape index (κ1) is 20.4. The molecule has 158 valence electrons. The van der Waals surface area contributed by atoms with Crippen molar-refractivity contribution in [2.24, 2.45) is 11.3 Å². The van der Waals surface area contributed by atoms with Crippen molar-refractivity contribution in [3.63, 3.8) is 0 Å². The molecule has 0 radical (unpaired) electrons. The Hall–Kier alpha value is -2.83. The minimum absolute atomic E-state index is 0.0108. The van der Waals surface area contributed by atoms with Gasteiger partial charge in [-0.2, -0.15) is 0 Å². The number of hydrogen-bond donors (Lipinski definition) is 1. The van der Waals surface area contributed by atoms with E-state index in [0.717, 1.165) is 29.7 Å². The number of esters is 1. The third-order valence-corrected chi connectivity index (χ3v) is 5.83. The normalized spacial score (nSPS) is 24.1. The Morgan fingerprint density at radius 3 is 2.60 bits per heavy atom. The van der Waals surface area contributed by atoms with E-state index in [2.05, 4.69) is 29.1 Å². The number of carbonyl (C=O) groups excluding carboxylic acids is 2. The van der Waals surface area contributed by atoms with Crippen LogP contribution in [-0.4, -0.2) is 32.4 Å². The number of cyclic esters (lactones) is 1. The van der Waals surface area contributed by atoms with E-state index in [0.29, 0.717) is 12.2 Å². The largest absolute Gasteiger partial charge is 0.459 e. The van der Waals surface area contributed by atoms with Crippen LogP contribution in [-0.2, 0) is 20.7 Å². The van der Waals surface area contributed by atoms with E-state index in [4.69, 9.17) is 9.72 Å². The van der Waals surface area contributed by atoms with Crippen LogP contribution < -0.4 is 5.32 Å². The molecule has 2 aliphatic rings. The lowest BCUT2D eigenvalue weighted by molar-refractivity contribution is -0.149. The molecule has 1 aliphatic heterocycles. The van der Waals surface area contributed by atoms with Gasteiger partial charge in [0.1, 0.15) is 5.60 Å². The summed E-state index contributed by atoms with van der Waals surface area (Å²) in [5.41, 5.74) is 2.32. The average Bonchev–Trinajstić information content (AvgIpc) is 2.92. The molecular formula is C23H28N4O3. The van der Waals surface area contributed by atoms with E-state index in [9.17, 15) is 9.59 Å². The first-order valence-electron chi connectivity index (χ1n) is 10.4. The van der Waals surface area contributed by atoms with Gasteiger partial charge in [0, 0.05) is 42.6 Å². The third kappa shape index (κ3) is 4.35. The molecule has 2 aromatic rings. The smallest absolute Gasteiger partial charge is 0.310 e. The van der Waals surface area contributed by atoms with Crippen LogP contribution in [0.3, 0.4) is 0 Å². The SMILES string of the molecule is CC1(C)Cc2nc(-c3ccncc3)ncc2C(NC(=O)CC2CC(C)(C)OC2=O)C1. The lowest BCUT2D eigenvalue weighted by Crippen LogP contribution is -2.38. The van der Waals surface area contributed by atoms with Crippen LogP contribution in [0.5, 0.6) is 0 Å². The van der Waals surface area contributed by atoms with Crippen LogP contribution in [0.15, 0.2) is 30.7 Å². The van der Waals surface area contributed by atoms with E-state index >= 15 is 0 Å². The highest BCUT2D eigenvalue weighted by atomic mass is 16.6. The highest BCUT2D eigenvalue weighted by molar-refractivity contribution is 5.84. The van der Waals surface area contributed by atoms with Crippen molar-refractivity contribution in [2.45, 2.75) is 65.0 Å². The zero-order valence-corrected chi connectivity index (χ0v) is 17.9. The molecule has 2 atom stereocenters. The Kier molecular flexibility index (Phi) is 5.08. The second-order valence-corrected chi connectivity index (χ2v) is 9.78. The average molecular weight is 409 g/mol. The highest BCUT2D eigenvalue weighted by Crippen LogP contribution is 2.40.